The van der Waals surface area contributed by atoms with Gasteiger partial charge in [-0.15, -0.1) is 0 Å². The summed E-state index contributed by atoms with van der Waals surface area (Å²) in [6.07, 6.45) is 1.62. The van der Waals surface area contributed by atoms with Crippen LogP contribution in [0.3, 0.4) is 0 Å². The first kappa shape index (κ1) is 15.9. The minimum atomic E-state index is -3.59. The first-order valence-corrected chi connectivity index (χ1v) is 8.40. The lowest BCUT2D eigenvalue weighted by Crippen LogP contribution is -2.40. The van der Waals surface area contributed by atoms with Crippen molar-refractivity contribution < 1.29 is 13.2 Å². The van der Waals surface area contributed by atoms with Crippen LogP contribution >= 0.6 is 0 Å². The summed E-state index contributed by atoms with van der Waals surface area (Å²) in [5, 5.41) is 2.61. The average Bonchev–Trinajstić information content (AvgIpc) is 2.89. The van der Waals surface area contributed by atoms with E-state index >= 15 is 0 Å². The number of hydrogen-bond donors (Lipinski definition) is 2. The third-order valence-electron chi connectivity index (χ3n) is 3.69. The van der Waals surface area contributed by atoms with E-state index in [1.54, 1.807) is 19.1 Å². The summed E-state index contributed by atoms with van der Waals surface area (Å²) in [5.74, 6) is -0.233. The van der Waals surface area contributed by atoms with Crippen LogP contribution in [0.5, 0.6) is 0 Å². The highest BCUT2D eigenvalue weighted by Gasteiger charge is 2.35. The predicted octanol–water partition coefficient (Wildman–Crippen LogP) is 1.07. The van der Waals surface area contributed by atoms with Crippen LogP contribution in [0.25, 0.3) is 0 Å². The maximum Gasteiger partial charge on any atom is 0.243 e. The molecule has 2 rings (SSSR count). The van der Waals surface area contributed by atoms with Gasteiger partial charge in [0.05, 0.1) is 4.90 Å². The molecule has 1 aromatic carbocycles. The van der Waals surface area contributed by atoms with E-state index in [0.29, 0.717) is 24.3 Å². The van der Waals surface area contributed by atoms with E-state index in [1.807, 2.05) is 0 Å². The molecule has 0 spiro atoms. The van der Waals surface area contributed by atoms with Crippen molar-refractivity contribution >= 4 is 21.6 Å². The van der Waals surface area contributed by atoms with E-state index in [0.717, 1.165) is 12.8 Å². The van der Waals surface area contributed by atoms with Crippen LogP contribution in [0.2, 0.25) is 0 Å². The second-order valence-electron chi connectivity index (χ2n) is 5.31. The molecule has 1 atom stereocenters. The summed E-state index contributed by atoms with van der Waals surface area (Å²) < 4.78 is 27.1. The lowest BCUT2D eigenvalue weighted by atomic mass is 10.2. The maximum atomic E-state index is 12.8. The smallest absolute Gasteiger partial charge is 0.243 e. The zero-order chi connectivity index (χ0) is 15.6. The molecule has 1 fully saturated rings. The molecule has 1 saturated heterocycles. The fraction of sp³-hybridized carbons (Fsp3) is 0.500. The molecular formula is C14H21N3O3S. The average molecular weight is 311 g/mol. The molecule has 6 nitrogen and oxygen atoms in total. The van der Waals surface area contributed by atoms with Crippen LogP contribution < -0.4 is 11.1 Å². The van der Waals surface area contributed by atoms with Crippen LogP contribution in [0, 0.1) is 6.92 Å². The molecule has 7 heteroatoms. The van der Waals surface area contributed by atoms with Gasteiger partial charge in [-0.25, -0.2) is 8.42 Å². The molecule has 0 aromatic heterocycles. The number of sulfonamides is 1. The van der Waals surface area contributed by atoms with Crippen LogP contribution in [-0.4, -0.2) is 37.8 Å². The van der Waals surface area contributed by atoms with Crippen molar-refractivity contribution in [2.45, 2.75) is 37.6 Å². The number of nitrogens with zero attached hydrogens (tertiary/aromatic N) is 1. The van der Waals surface area contributed by atoms with Crippen molar-refractivity contribution in [2.24, 2.45) is 5.73 Å². The van der Waals surface area contributed by atoms with E-state index in [-0.39, 0.29) is 16.8 Å². The van der Waals surface area contributed by atoms with E-state index in [9.17, 15) is 13.2 Å². The molecule has 3 N–H and O–H groups in total. The number of hydrogen-bond acceptors (Lipinski definition) is 4. The Bertz CT molecular complexity index is 643. The minimum absolute atomic E-state index is 0.140. The van der Waals surface area contributed by atoms with Crippen LogP contribution in [-0.2, 0) is 14.8 Å². The number of carbonyl (C=O) groups is 1. The predicted molar refractivity (Wildman–Crippen MR) is 81.5 cm³/mol. The zero-order valence-electron chi connectivity index (χ0n) is 12.3. The second kappa shape index (κ2) is 6.13. The Labute approximate surface area is 125 Å². The number of carbonyl (C=O) groups excluding carboxylic acids is 1. The first-order valence-electron chi connectivity index (χ1n) is 6.96. The Morgan fingerprint density at radius 2 is 2.19 bits per heavy atom. The molecule has 0 bridgehead atoms. The molecule has 116 valence electrons. The van der Waals surface area contributed by atoms with E-state index in [1.165, 1.54) is 17.3 Å². The first-order chi connectivity index (χ1) is 9.86. The highest BCUT2D eigenvalue weighted by molar-refractivity contribution is 7.89. The zero-order valence-corrected chi connectivity index (χ0v) is 13.1. The molecule has 0 aliphatic carbocycles. The highest BCUT2D eigenvalue weighted by Crippen LogP contribution is 2.29. The summed E-state index contributed by atoms with van der Waals surface area (Å²) >= 11 is 0. The third kappa shape index (κ3) is 3.25. The molecule has 0 saturated carbocycles. The molecule has 21 heavy (non-hydrogen) atoms. The largest absolute Gasteiger partial charge is 0.329 e. The number of aryl methyl sites for hydroxylation is 1. The second-order valence-corrected chi connectivity index (χ2v) is 7.17. The molecule has 1 unspecified atom stereocenters. The van der Waals surface area contributed by atoms with Crippen LogP contribution in [0.4, 0.5) is 5.69 Å². The number of nitrogens with one attached hydrogen (secondary N) is 1. The summed E-state index contributed by atoms with van der Waals surface area (Å²) in [5.41, 5.74) is 6.81. The molecule has 1 aliphatic rings. The van der Waals surface area contributed by atoms with Gasteiger partial charge in [0.1, 0.15) is 0 Å². The van der Waals surface area contributed by atoms with Crippen molar-refractivity contribution in [3.8, 4) is 0 Å². The summed E-state index contributed by atoms with van der Waals surface area (Å²) in [7, 11) is -3.59. The van der Waals surface area contributed by atoms with Crippen molar-refractivity contribution in [3.63, 3.8) is 0 Å². The van der Waals surface area contributed by atoms with Gasteiger partial charge >= 0.3 is 0 Å². The normalized spacial score (nSPS) is 19.7. The van der Waals surface area contributed by atoms with Crippen LogP contribution in [0.1, 0.15) is 25.3 Å². The number of anilines is 1. The summed E-state index contributed by atoms with van der Waals surface area (Å²) in [6.45, 7) is 3.95. The minimum Gasteiger partial charge on any atom is -0.329 e. The Hall–Kier alpha value is -1.44. The van der Waals surface area contributed by atoms with Crippen molar-refractivity contribution in [2.75, 3.05) is 18.4 Å². The van der Waals surface area contributed by atoms with Gasteiger partial charge in [-0.2, -0.15) is 4.31 Å². The monoisotopic (exact) mass is 311 g/mol. The van der Waals surface area contributed by atoms with Gasteiger partial charge in [-0.05, 0) is 37.5 Å². The SMILES string of the molecule is CC(=O)Nc1ccc(C)c(S(=O)(=O)N2CCCC2CN)c1. The number of amides is 1. The van der Waals surface area contributed by atoms with Gasteiger partial charge in [0, 0.05) is 31.7 Å². The van der Waals surface area contributed by atoms with Crippen molar-refractivity contribution in [1.82, 2.24) is 4.31 Å². The quantitative estimate of drug-likeness (QED) is 0.870. The van der Waals surface area contributed by atoms with Gasteiger partial charge in [-0.3, -0.25) is 4.79 Å². The summed E-state index contributed by atoms with van der Waals surface area (Å²) in [4.78, 5) is 11.4. The van der Waals surface area contributed by atoms with E-state index < -0.39 is 10.0 Å². The topological polar surface area (TPSA) is 92.5 Å². The molecule has 0 radical (unpaired) electrons. The Morgan fingerprint density at radius 3 is 2.81 bits per heavy atom. The lowest BCUT2D eigenvalue weighted by molar-refractivity contribution is -0.114. The standard InChI is InChI=1S/C14H21N3O3S/c1-10-5-6-12(16-11(2)18)8-14(10)21(19,20)17-7-3-4-13(17)9-15/h5-6,8,13H,3-4,7,9,15H2,1-2H3,(H,16,18). The fourth-order valence-electron chi connectivity index (χ4n) is 2.65. The highest BCUT2D eigenvalue weighted by atomic mass is 32.2. The number of nitrogens with two attached hydrogens (primary N) is 1. The molecular weight excluding hydrogens is 290 g/mol. The van der Waals surface area contributed by atoms with Gasteiger partial charge in [-0.1, -0.05) is 6.07 Å². The van der Waals surface area contributed by atoms with Crippen molar-refractivity contribution in [1.29, 1.82) is 0 Å². The fourth-order valence-corrected chi connectivity index (χ4v) is 4.60. The number of benzene rings is 1. The molecule has 1 amide bonds. The maximum absolute atomic E-state index is 12.8. The Kier molecular flexibility index (Phi) is 4.65. The van der Waals surface area contributed by atoms with E-state index in [2.05, 4.69) is 5.32 Å². The van der Waals surface area contributed by atoms with Gasteiger partial charge < -0.3 is 11.1 Å². The Balaban J connectivity index is 2.41. The van der Waals surface area contributed by atoms with Crippen LogP contribution in [0.15, 0.2) is 23.1 Å². The van der Waals surface area contributed by atoms with Gasteiger partial charge in [0.25, 0.3) is 0 Å². The molecule has 1 aromatic rings. The Morgan fingerprint density at radius 1 is 1.48 bits per heavy atom. The molecule has 1 aliphatic heterocycles. The van der Waals surface area contributed by atoms with E-state index in [4.69, 9.17) is 5.73 Å². The van der Waals surface area contributed by atoms with Gasteiger partial charge in [0.2, 0.25) is 15.9 Å². The number of rotatable bonds is 4. The van der Waals surface area contributed by atoms with Gasteiger partial charge in [0.15, 0.2) is 0 Å². The van der Waals surface area contributed by atoms with Crippen molar-refractivity contribution in [3.05, 3.63) is 23.8 Å². The summed E-state index contributed by atoms with van der Waals surface area (Å²) in [6, 6.07) is 4.77. The lowest BCUT2D eigenvalue weighted by Gasteiger charge is -2.24. The molecule has 1 heterocycles. The third-order valence-corrected chi connectivity index (χ3v) is 5.78.